The first kappa shape index (κ1) is 35.5. The average Bonchev–Trinajstić information content (AvgIpc) is 3.85. The van der Waals surface area contributed by atoms with Crippen molar-refractivity contribution in [1.82, 2.24) is 4.57 Å². The molecule has 0 aliphatic heterocycles. The van der Waals surface area contributed by atoms with Crippen molar-refractivity contribution in [1.29, 1.82) is 0 Å². The van der Waals surface area contributed by atoms with Gasteiger partial charge in [-0.25, -0.2) is 0 Å². The number of fused-ring (bicyclic) bond motifs is 13. The quantitative estimate of drug-likeness (QED) is 0.173. The van der Waals surface area contributed by atoms with Crippen LogP contribution in [0.1, 0.15) is 74.9 Å². The Hall–Kier alpha value is -6.64. The molecule has 9 aromatic rings. The van der Waals surface area contributed by atoms with Gasteiger partial charge in [0.05, 0.1) is 16.4 Å². The highest BCUT2D eigenvalue weighted by molar-refractivity contribution is 6.10. The van der Waals surface area contributed by atoms with E-state index in [2.05, 4.69) is 233 Å². The number of hydrogen-bond acceptors (Lipinski definition) is 1. The van der Waals surface area contributed by atoms with Gasteiger partial charge >= 0.3 is 0 Å². The topological polar surface area (TPSA) is 8.17 Å². The van der Waals surface area contributed by atoms with E-state index in [9.17, 15) is 0 Å². The van der Waals surface area contributed by atoms with E-state index in [1.165, 1.54) is 83.1 Å². The molecule has 286 valence electrons. The molecule has 0 N–H and O–H groups in total. The summed E-state index contributed by atoms with van der Waals surface area (Å²) in [4.78, 5) is 2.46. The van der Waals surface area contributed by atoms with E-state index in [1.54, 1.807) is 0 Å². The molecular formula is C57H48N2. The monoisotopic (exact) mass is 760 g/mol. The van der Waals surface area contributed by atoms with Gasteiger partial charge in [-0.2, -0.15) is 0 Å². The Balaban J connectivity index is 1.17. The van der Waals surface area contributed by atoms with Gasteiger partial charge in [0.25, 0.3) is 0 Å². The summed E-state index contributed by atoms with van der Waals surface area (Å²) in [6, 6.07) is 68.5. The molecule has 0 radical (unpaired) electrons. The first-order chi connectivity index (χ1) is 28.5. The van der Waals surface area contributed by atoms with Crippen LogP contribution in [0.2, 0.25) is 0 Å². The predicted octanol–water partition coefficient (Wildman–Crippen LogP) is 15.2. The third-order valence-corrected chi connectivity index (χ3v) is 13.1. The lowest BCUT2D eigenvalue weighted by Gasteiger charge is -2.32. The second-order valence-corrected chi connectivity index (χ2v) is 18.6. The van der Waals surface area contributed by atoms with Gasteiger partial charge in [-0.3, -0.25) is 0 Å². The van der Waals surface area contributed by atoms with Gasteiger partial charge in [0.15, 0.2) is 0 Å². The molecule has 0 saturated carbocycles. The summed E-state index contributed by atoms with van der Waals surface area (Å²) in [5, 5.41) is 2.51. The summed E-state index contributed by atoms with van der Waals surface area (Å²) in [5.74, 6) is 0. The number of rotatable bonds is 4. The van der Waals surface area contributed by atoms with E-state index in [0.29, 0.717) is 0 Å². The molecule has 59 heavy (non-hydrogen) atoms. The van der Waals surface area contributed by atoms with Gasteiger partial charge in [-0.1, -0.05) is 169 Å². The van der Waals surface area contributed by atoms with Gasteiger partial charge < -0.3 is 9.47 Å². The zero-order valence-electron chi connectivity index (χ0n) is 34.7. The van der Waals surface area contributed by atoms with E-state index in [0.717, 1.165) is 17.1 Å². The van der Waals surface area contributed by atoms with Crippen molar-refractivity contribution in [3.8, 4) is 27.9 Å². The van der Waals surface area contributed by atoms with Gasteiger partial charge in [0.2, 0.25) is 0 Å². The molecule has 2 aliphatic carbocycles. The molecule has 2 heteroatoms. The van der Waals surface area contributed by atoms with Crippen LogP contribution in [0.3, 0.4) is 0 Å². The summed E-state index contributed by atoms with van der Waals surface area (Å²) in [5.41, 5.74) is 19.9. The fourth-order valence-electron chi connectivity index (χ4n) is 10.2. The average molecular weight is 761 g/mol. The summed E-state index contributed by atoms with van der Waals surface area (Å²) >= 11 is 0. The smallest absolute Gasteiger partial charge is 0.0726 e. The molecule has 1 heterocycles. The largest absolute Gasteiger partial charge is 0.310 e. The minimum absolute atomic E-state index is 0.00499. The standard InChI is InChI=1S/C57H48N2/c1-55(2,3)37-32-38(56(4,5)6)34-42(33-37)59-53-27-17-13-23-47(53)48-31-29-41(36-54(48)59)58(39-18-8-7-9-19-39)40-28-30-46-45-22-12-16-26-51(45)57(52(46)35-40)49-24-14-10-20-43(49)44-21-11-15-25-50(44)57/h7-36H,1-6H3. The highest BCUT2D eigenvalue weighted by Gasteiger charge is 2.51. The first-order valence-electron chi connectivity index (χ1n) is 21.0. The van der Waals surface area contributed by atoms with Crippen LogP contribution in [-0.4, -0.2) is 4.57 Å². The lowest BCUT2D eigenvalue weighted by Crippen LogP contribution is -2.26. The molecule has 0 unspecified atom stereocenters. The van der Waals surface area contributed by atoms with Crippen molar-refractivity contribution < 1.29 is 0 Å². The molecule has 0 saturated heterocycles. The minimum Gasteiger partial charge on any atom is -0.310 e. The van der Waals surface area contributed by atoms with Crippen LogP contribution >= 0.6 is 0 Å². The van der Waals surface area contributed by atoms with Gasteiger partial charge in [0.1, 0.15) is 0 Å². The fourth-order valence-corrected chi connectivity index (χ4v) is 10.2. The Morgan fingerprint density at radius 2 is 0.847 bits per heavy atom. The second-order valence-electron chi connectivity index (χ2n) is 18.6. The zero-order valence-corrected chi connectivity index (χ0v) is 34.7. The van der Waals surface area contributed by atoms with Crippen molar-refractivity contribution in [2.75, 3.05) is 4.90 Å². The first-order valence-corrected chi connectivity index (χ1v) is 21.0. The number of aromatic nitrogens is 1. The second kappa shape index (κ2) is 12.7. The Morgan fingerprint density at radius 3 is 1.44 bits per heavy atom. The van der Waals surface area contributed by atoms with Crippen molar-refractivity contribution >= 4 is 38.9 Å². The van der Waals surface area contributed by atoms with E-state index in [-0.39, 0.29) is 10.8 Å². The molecule has 2 aliphatic rings. The molecule has 0 bridgehead atoms. The Bertz CT molecular complexity index is 3030. The van der Waals surface area contributed by atoms with E-state index in [1.807, 2.05) is 0 Å². The number of para-hydroxylation sites is 2. The number of nitrogens with zero attached hydrogens (tertiary/aromatic N) is 2. The third kappa shape index (κ3) is 5.18. The molecule has 11 rings (SSSR count). The Kier molecular flexibility index (Phi) is 7.63. The minimum atomic E-state index is -0.420. The van der Waals surface area contributed by atoms with Crippen LogP contribution < -0.4 is 4.90 Å². The molecule has 0 atom stereocenters. The number of anilines is 3. The van der Waals surface area contributed by atoms with Crippen LogP contribution in [-0.2, 0) is 16.2 Å². The lowest BCUT2D eigenvalue weighted by molar-refractivity contribution is 0.568. The van der Waals surface area contributed by atoms with Crippen molar-refractivity contribution in [3.63, 3.8) is 0 Å². The van der Waals surface area contributed by atoms with Crippen molar-refractivity contribution in [2.24, 2.45) is 0 Å². The molecule has 0 amide bonds. The van der Waals surface area contributed by atoms with Crippen molar-refractivity contribution in [3.05, 3.63) is 215 Å². The van der Waals surface area contributed by atoms with E-state index in [4.69, 9.17) is 0 Å². The molecule has 1 aromatic heterocycles. The summed E-state index contributed by atoms with van der Waals surface area (Å²) < 4.78 is 2.50. The van der Waals surface area contributed by atoms with Gasteiger partial charge in [-0.15, -0.1) is 0 Å². The van der Waals surface area contributed by atoms with Crippen LogP contribution in [0.5, 0.6) is 0 Å². The van der Waals surface area contributed by atoms with Crippen molar-refractivity contribution in [2.45, 2.75) is 57.8 Å². The highest BCUT2D eigenvalue weighted by Crippen LogP contribution is 2.63. The van der Waals surface area contributed by atoms with E-state index >= 15 is 0 Å². The normalized spacial score (nSPS) is 13.7. The SMILES string of the molecule is CC(C)(C)c1cc(-n2c3ccccc3c3ccc(N(c4ccccc4)c4ccc5c(c4)C4(c6ccccc6-c6ccccc64)c4ccccc4-5)cc32)cc(C(C)(C)C)c1. The zero-order chi connectivity index (χ0) is 40.3. The Morgan fingerprint density at radius 1 is 0.373 bits per heavy atom. The van der Waals surface area contributed by atoms with E-state index < -0.39 is 5.41 Å². The maximum Gasteiger partial charge on any atom is 0.0726 e. The predicted molar refractivity (Wildman–Crippen MR) is 249 cm³/mol. The van der Waals surface area contributed by atoms with Crippen LogP contribution in [0, 0.1) is 0 Å². The Labute approximate surface area is 348 Å². The third-order valence-electron chi connectivity index (χ3n) is 13.1. The van der Waals surface area contributed by atoms with Gasteiger partial charge in [0, 0.05) is 33.5 Å². The number of benzene rings is 8. The number of hydrogen-bond donors (Lipinski definition) is 0. The maximum absolute atomic E-state index is 2.50. The van der Waals surface area contributed by atoms with Gasteiger partial charge in [-0.05, 0) is 121 Å². The maximum atomic E-state index is 2.50. The summed E-state index contributed by atoms with van der Waals surface area (Å²) in [7, 11) is 0. The fraction of sp³-hybridized carbons (Fsp3) is 0.158. The van der Waals surface area contributed by atoms with Crippen LogP contribution in [0.4, 0.5) is 17.1 Å². The van der Waals surface area contributed by atoms with Crippen LogP contribution in [0.25, 0.3) is 49.7 Å². The molecular weight excluding hydrogens is 713 g/mol. The molecule has 2 nitrogen and oxygen atoms in total. The molecule has 0 fully saturated rings. The molecule has 1 spiro atoms. The summed E-state index contributed by atoms with van der Waals surface area (Å²) in [6.45, 7) is 13.9. The van der Waals surface area contributed by atoms with Crippen LogP contribution in [0.15, 0.2) is 182 Å². The summed E-state index contributed by atoms with van der Waals surface area (Å²) in [6.07, 6.45) is 0. The molecule has 8 aromatic carbocycles. The lowest BCUT2D eigenvalue weighted by atomic mass is 9.70. The highest BCUT2D eigenvalue weighted by atomic mass is 15.1.